The van der Waals surface area contributed by atoms with Crippen LogP contribution >= 0.6 is 0 Å². The summed E-state index contributed by atoms with van der Waals surface area (Å²) in [5, 5.41) is 3.08. The molecule has 1 aliphatic rings. The van der Waals surface area contributed by atoms with Crippen molar-refractivity contribution in [3.05, 3.63) is 54.7 Å². The normalized spacial score (nSPS) is 17.8. The summed E-state index contributed by atoms with van der Waals surface area (Å²) >= 11 is 0. The van der Waals surface area contributed by atoms with E-state index in [1.54, 1.807) is 24.7 Å². The predicted octanol–water partition coefficient (Wildman–Crippen LogP) is 1.52. The lowest BCUT2D eigenvalue weighted by molar-refractivity contribution is 0.0928. The summed E-state index contributed by atoms with van der Waals surface area (Å²) in [4.78, 5) is 27.5. The molecular weight excluding hydrogens is 304 g/mol. The Balaban J connectivity index is 1.45. The summed E-state index contributed by atoms with van der Waals surface area (Å²) in [5.74, 6) is 0.573. The zero-order chi connectivity index (χ0) is 16.4. The Hall–Kier alpha value is -2.96. The lowest BCUT2D eigenvalue weighted by atomic mass is 10.1. The smallest absolute Gasteiger partial charge is 0.271 e. The molecule has 0 aliphatic carbocycles. The maximum atomic E-state index is 12.5. The van der Waals surface area contributed by atoms with E-state index in [1.165, 1.54) is 0 Å². The fraction of sp³-hybridized carbons (Fsp3) is 0.294. The van der Waals surface area contributed by atoms with Gasteiger partial charge in [0.25, 0.3) is 5.91 Å². The number of carbonyl (C=O) groups excluding carboxylic acids is 1. The molecule has 1 amide bonds. The van der Waals surface area contributed by atoms with Crippen molar-refractivity contribution in [1.82, 2.24) is 24.7 Å². The highest BCUT2D eigenvalue weighted by Crippen LogP contribution is 2.15. The number of rotatable bonds is 3. The highest BCUT2D eigenvalue weighted by Gasteiger charge is 2.24. The Kier molecular flexibility index (Phi) is 3.82. The maximum absolute atomic E-state index is 12.5. The second kappa shape index (κ2) is 6.27. The third kappa shape index (κ3) is 2.92. The number of hydrogen-bond donors (Lipinski definition) is 1. The van der Waals surface area contributed by atoms with Gasteiger partial charge in [0.15, 0.2) is 0 Å². The molecule has 122 valence electrons. The van der Waals surface area contributed by atoms with Crippen LogP contribution < -0.4 is 10.2 Å². The van der Waals surface area contributed by atoms with Crippen molar-refractivity contribution in [2.45, 2.75) is 18.9 Å². The van der Waals surface area contributed by atoms with E-state index in [1.807, 2.05) is 28.8 Å². The summed E-state index contributed by atoms with van der Waals surface area (Å²) in [6.07, 6.45) is 9.05. The molecule has 0 bridgehead atoms. The number of pyridine rings is 1. The first kappa shape index (κ1) is 14.6. The monoisotopic (exact) mass is 322 g/mol. The third-order valence-corrected chi connectivity index (χ3v) is 4.19. The van der Waals surface area contributed by atoms with Gasteiger partial charge in [-0.2, -0.15) is 0 Å². The van der Waals surface area contributed by atoms with E-state index in [9.17, 15) is 4.79 Å². The number of fused-ring (bicyclic) bond motifs is 1. The van der Waals surface area contributed by atoms with E-state index in [-0.39, 0.29) is 11.9 Å². The number of nitrogens with zero attached hydrogens (tertiary/aromatic N) is 5. The van der Waals surface area contributed by atoms with E-state index in [0.29, 0.717) is 18.2 Å². The molecule has 0 aromatic carbocycles. The molecule has 0 saturated carbocycles. The molecule has 1 atom stereocenters. The minimum atomic E-state index is -0.139. The van der Waals surface area contributed by atoms with E-state index in [0.717, 1.165) is 25.0 Å². The standard InChI is InChI=1S/C17H18N6O/c24-16(14-12-22-9-2-1-6-15(22)21-14)20-13-5-3-10-23(11-13)17-18-7-4-8-19-17/h1-2,4,6-9,12-13H,3,5,10-11H2,(H,20,24). The number of aromatic nitrogens is 4. The zero-order valence-electron chi connectivity index (χ0n) is 13.2. The molecule has 3 aromatic heterocycles. The second-order valence-corrected chi connectivity index (χ2v) is 5.90. The summed E-state index contributed by atoms with van der Waals surface area (Å²) in [5.41, 5.74) is 1.21. The van der Waals surface area contributed by atoms with Crippen LogP contribution in [0.5, 0.6) is 0 Å². The van der Waals surface area contributed by atoms with Gasteiger partial charge in [-0.05, 0) is 31.0 Å². The molecule has 7 nitrogen and oxygen atoms in total. The van der Waals surface area contributed by atoms with Gasteiger partial charge < -0.3 is 14.6 Å². The number of nitrogens with one attached hydrogen (secondary N) is 1. The van der Waals surface area contributed by atoms with E-state index < -0.39 is 0 Å². The number of carbonyl (C=O) groups is 1. The first-order valence-corrected chi connectivity index (χ1v) is 8.06. The first-order valence-electron chi connectivity index (χ1n) is 8.06. The fourth-order valence-corrected chi connectivity index (χ4v) is 3.03. The van der Waals surface area contributed by atoms with Crippen molar-refractivity contribution in [2.24, 2.45) is 0 Å². The molecule has 1 unspecified atom stereocenters. The number of imidazole rings is 1. The number of anilines is 1. The summed E-state index contributed by atoms with van der Waals surface area (Å²) < 4.78 is 1.85. The van der Waals surface area contributed by atoms with Crippen LogP contribution in [0.2, 0.25) is 0 Å². The van der Waals surface area contributed by atoms with Crippen LogP contribution in [0.25, 0.3) is 5.65 Å². The molecule has 1 N–H and O–H groups in total. The molecule has 4 rings (SSSR count). The zero-order valence-corrected chi connectivity index (χ0v) is 13.2. The molecule has 0 spiro atoms. The third-order valence-electron chi connectivity index (χ3n) is 4.19. The highest BCUT2D eigenvalue weighted by molar-refractivity contribution is 5.93. The van der Waals surface area contributed by atoms with Crippen molar-refractivity contribution < 1.29 is 4.79 Å². The number of amides is 1. The minimum absolute atomic E-state index is 0.0693. The molecule has 0 radical (unpaired) electrons. The maximum Gasteiger partial charge on any atom is 0.271 e. The van der Waals surface area contributed by atoms with Gasteiger partial charge in [-0.1, -0.05) is 6.07 Å². The van der Waals surface area contributed by atoms with Crippen LogP contribution in [-0.2, 0) is 0 Å². The summed E-state index contributed by atoms with van der Waals surface area (Å²) in [6.45, 7) is 1.62. The van der Waals surface area contributed by atoms with Gasteiger partial charge in [0.05, 0.1) is 0 Å². The van der Waals surface area contributed by atoms with Crippen LogP contribution in [0.4, 0.5) is 5.95 Å². The van der Waals surface area contributed by atoms with Gasteiger partial charge in [0.2, 0.25) is 5.95 Å². The van der Waals surface area contributed by atoms with Crippen molar-refractivity contribution in [3.8, 4) is 0 Å². The number of hydrogen-bond acceptors (Lipinski definition) is 5. The molecule has 1 saturated heterocycles. The van der Waals surface area contributed by atoms with Gasteiger partial charge >= 0.3 is 0 Å². The Morgan fingerprint density at radius 2 is 2.08 bits per heavy atom. The highest BCUT2D eigenvalue weighted by atomic mass is 16.2. The average Bonchev–Trinajstić information content (AvgIpc) is 3.07. The van der Waals surface area contributed by atoms with Crippen molar-refractivity contribution in [2.75, 3.05) is 18.0 Å². The molecule has 7 heteroatoms. The molecule has 24 heavy (non-hydrogen) atoms. The molecular formula is C17H18N6O. The van der Waals surface area contributed by atoms with E-state index >= 15 is 0 Å². The van der Waals surface area contributed by atoms with Gasteiger partial charge in [-0.25, -0.2) is 15.0 Å². The molecule has 3 aromatic rings. The fourth-order valence-electron chi connectivity index (χ4n) is 3.03. The van der Waals surface area contributed by atoms with Gasteiger partial charge in [0, 0.05) is 43.9 Å². The largest absolute Gasteiger partial charge is 0.346 e. The quantitative estimate of drug-likeness (QED) is 0.791. The first-order chi connectivity index (χ1) is 11.8. The van der Waals surface area contributed by atoms with E-state index in [2.05, 4.69) is 25.2 Å². The lowest BCUT2D eigenvalue weighted by Crippen LogP contribution is -2.48. The van der Waals surface area contributed by atoms with Crippen LogP contribution in [-0.4, -0.2) is 44.4 Å². The Morgan fingerprint density at radius 3 is 2.92 bits per heavy atom. The van der Waals surface area contributed by atoms with Crippen molar-refractivity contribution in [1.29, 1.82) is 0 Å². The van der Waals surface area contributed by atoms with Crippen molar-refractivity contribution >= 4 is 17.5 Å². The SMILES string of the molecule is O=C(NC1CCCN(c2ncccn2)C1)c1cn2ccccc2n1. The molecule has 1 fully saturated rings. The van der Waals surface area contributed by atoms with Crippen molar-refractivity contribution in [3.63, 3.8) is 0 Å². The lowest BCUT2D eigenvalue weighted by Gasteiger charge is -2.32. The molecule has 4 heterocycles. The second-order valence-electron chi connectivity index (χ2n) is 5.90. The molecule has 1 aliphatic heterocycles. The Bertz CT molecular complexity index is 813. The number of piperidine rings is 1. The summed E-state index contributed by atoms with van der Waals surface area (Å²) in [6, 6.07) is 7.57. The van der Waals surface area contributed by atoms with Crippen LogP contribution in [0.3, 0.4) is 0 Å². The van der Waals surface area contributed by atoms with Crippen LogP contribution in [0.15, 0.2) is 49.1 Å². The van der Waals surface area contributed by atoms with Gasteiger partial charge in [-0.15, -0.1) is 0 Å². The Labute approximate surface area is 139 Å². The van der Waals surface area contributed by atoms with E-state index in [4.69, 9.17) is 0 Å². The van der Waals surface area contributed by atoms with Crippen LogP contribution in [0, 0.1) is 0 Å². The average molecular weight is 322 g/mol. The van der Waals surface area contributed by atoms with Gasteiger partial charge in [-0.3, -0.25) is 4.79 Å². The minimum Gasteiger partial charge on any atom is -0.346 e. The van der Waals surface area contributed by atoms with Gasteiger partial charge in [0.1, 0.15) is 11.3 Å². The predicted molar refractivity (Wildman–Crippen MR) is 89.9 cm³/mol. The Morgan fingerprint density at radius 1 is 1.21 bits per heavy atom. The topological polar surface area (TPSA) is 75.4 Å². The summed E-state index contributed by atoms with van der Waals surface area (Å²) in [7, 11) is 0. The van der Waals surface area contributed by atoms with Crippen LogP contribution in [0.1, 0.15) is 23.3 Å².